The van der Waals surface area contributed by atoms with Gasteiger partial charge >= 0.3 is 0 Å². The van der Waals surface area contributed by atoms with Gasteiger partial charge in [-0.3, -0.25) is 0 Å². The van der Waals surface area contributed by atoms with E-state index in [-0.39, 0.29) is 5.92 Å². The molecule has 0 aliphatic heterocycles. The van der Waals surface area contributed by atoms with Crippen LogP contribution in [0.25, 0.3) is 28.5 Å². The van der Waals surface area contributed by atoms with Gasteiger partial charge in [-0.1, -0.05) is 80.0 Å². The molecule has 4 aromatic rings. The molecule has 1 aliphatic rings. The largest absolute Gasteiger partial charge is 0.419 e. The first kappa shape index (κ1) is 23.4. The van der Waals surface area contributed by atoms with Gasteiger partial charge in [-0.2, -0.15) is 5.10 Å². The van der Waals surface area contributed by atoms with Crippen molar-refractivity contribution in [2.45, 2.75) is 57.8 Å². The minimum absolute atomic E-state index is 0.130. The maximum atomic E-state index is 6.62. The molecule has 5 rings (SSSR count). The van der Waals surface area contributed by atoms with Gasteiger partial charge < -0.3 is 4.42 Å². The quantitative estimate of drug-likeness (QED) is 0.267. The normalized spacial score (nSPS) is 14.8. The van der Waals surface area contributed by atoms with Gasteiger partial charge in [0.15, 0.2) is 5.69 Å². The summed E-state index contributed by atoms with van der Waals surface area (Å²) in [5, 5.41) is 15.6. The van der Waals surface area contributed by atoms with Crippen LogP contribution >= 0.6 is 34.8 Å². The Labute approximate surface area is 214 Å². The molecule has 0 amide bonds. The third-order valence-electron chi connectivity index (χ3n) is 6.35. The molecule has 0 N–H and O–H groups in total. The fourth-order valence-electron chi connectivity index (χ4n) is 4.69. The lowest BCUT2D eigenvalue weighted by molar-refractivity contribution is 0.366. The molecule has 0 spiro atoms. The summed E-state index contributed by atoms with van der Waals surface area (Å²) >= 11 is 19.0. The van der Waals surface area contributed by atoms with E-state index in [0.29, 0.717) is 38.5 Å². The van der Waals surface area contributed by atoms with Crippen LogP contribution in [0.3, 0.4) is 0 Å². The first-order chi connectivity index (χ1) is 16.4. The average molecular weight is 516 g/mol. The summed E-state index contributed by atoms with van der Waals surface area (Å²) in [4.78, 5) is 0. The molecule has 2 aromatic carbocycles. The second-order valence-corrected chi connectivity index (χ2v) is 10.3. The highest BCUT2D eigenvalue weighted by Gasteiger charge is 2.29. The van der Waals surface area contributed by atoms with Gasteiger partial charge in [0.1, 0.15) is 0 Å². The van der Waals surface area contributed by atoms with E-state index >= 15 is 0 Å². The molecule has 5 nitrogen and oxygen atoms in total. The molecular formula is C26H25Cl3N4O. The molecule has 176 valence electrons. The van der Waals surface area contributed by atoms with E-state index in [0.717, 1.165) is 35.3 Å². The summed E-state index contributed by atoms with van der Waals surface area (Å²) in [6.45, 7) is 4.26. The Hall–Kier alpha value is -2.34. The van der Waals surface area contributed by atoms with Crippen LogP contribution in [0.4, 0.5) is 0 Å². The first-order valence-electron chi connectivity index (χ1n) is 11.6. The van der Waals surface area contributed by atoms with Gasteiger partial charge in [-0.25, -0.2) is 4.68 Å². The maximum absolute atomic E-state index is 6.62. The van der Waals surface area contributed by atoms with Crippen molar-refractivity contribution in [1.29, 1.82) is 0 Å². The zero-order valence-electron chi connectivity index (χ0n) is 19.1. The minimum Gasteiger partial charge on any atom is -0.419 e. The van der Waals surface area contributed by atoms with Crippen molar-refractivity contribution in [2.24, 2.45) is 0 Å². The molecule has 0 saturated heterocycles. The Kier molecular flexibility index (Phi) is 6.70. The fourth-order valence-corrected chi connectivity index (χ4v) is 5.31. The maximum Gasteiger partial charge on any atom is 0.268 e. The Balaban J connectivity index is 1.71. The lowest BCUT2D eigenvalue weighted by atomic mass is 9.89. The van der Waals surface area contributed by atoms with Crippen molar-refractivity contribution >= 4 is 34.8 Å². The minimum atomic E-state index is 0.130. The zero-order chi connectivity index (χ0) is 23.8. The van der Waals surface area contributed by atoms with E-state index in [2.05, 4.69) is 24.0 Å². The second kappa shape index (κ2) is 9.73. The Morgan fingerprint density at radius 2 is 1.62 bits per heavy atom. The molecular weight excluding hydrogens is 491 g/mol. The number of hydrogen-bond donors (Lipinski definition) is 0. The number of benzene rings is 2. The zero-order valence-corrected chi connectivity index (χ0v) is 21.3. The van der Waals surface area contributed by atoms with Crippen molar-refractivity contribution in [3.63, 3.8) is 0 Å². The highest BCUT2D eigenvalue weighted by atomic mass is 35.5. The van der Waals surface area contributed by atoms with Gasteiger partial charge in [0.25, 0.3) is 5.89 Å². The van der Waals surface area contributed by atoms with Crippen LogP contribution in [0, 0.1) is 0 Å². The van der Waals surface area contributed by atoms with Crippen LogP contribution in [0.2, 0.25) is 15.1 Å². The standard InChI is InChI=1S/C26H25Cl3N4O/c1-15(2)22-23(26-31-30-25(34-26)17-6-4-3-5-7-17)32-33(21-13-12-19(28)14-20(21)29)24(22)16-8-10-18(27)11-9-16/h8-15,17H,3-7H2,1-2H3. The van der Waals surface area contributed by atoms with Crippen molar-refractivity contribution in [3.05, 3.63) is 69.0 Å². The number of halogens is 3. The third kappa shape index (κ3) is 4.49. The molecule has 1 fully saturated rings. The van der Waals surface area contributed by atoms with Gasteiger partial charge in [-0.15, -0.1) is 10.2 Å². The Bertz CT molecular complexity index is 1300. The fraction of sp³-hybridized carbons (Fsp3) is 0.346. The lowest BCUT2D eigenvalue weighted by Crippen LogP contribution is -2.04. The molecule has 34 heavy (non-hydrogen) atoms. The van der Waals surface area contributed by atoms with Crippen LogP contribution in [0.15, 0.2) is 46.9 Å². The van der Waals surface area contributed by atoms with Crippen LogP contribution < -0.4 is 0 Å². The molecule has 2 aromatic heterocycles. The summed E-state index contributed by atoms with van der Waals surface area (Å²) in [5.74, 6) is 1.59. The van der Waals surface area contributed by atoms with E-state index < -0.39 is 0 Å². The summed E-state index contributed by atoms with van der Waals surface area (Å²) in [7, 11) is 0. The molecule has 8 heteroatoms. The monoisotopic (exact) mass is 514 g/mol. The molecule has 1 aliphatic carbocycles. The number of aromatic nitrogens is 4. The molecule has 0 radical (unpaired) electrons. The first-order valence-corrected chi connectivity index (χ1v) is 12.7. The predicted molar refractivity (Wildman–Crippen MR) is 137 cm³/mol. The van der Waals surface area contributed by atoms with E-state index in [9.17, 15) is 0 Å². The smallest absolute Gasteiger partial charge is 0.268 e. The summed E-state index contributed by atoms with van der Waals surface area (Å²) in [5.41, 5.74) is 4.26. The van der Waals surface area contributed by atoms with Crippen molar-refractivity contribution in [2.75, 3.05) is 0 Å². The Morgan fingerprint density at radius 3 is 2.29 bits per heavy atom. The molecule has 0 atom stereocenters. The van der Waals surface area contributed by atoms with Crippen LogP contribution in [0.1, 0.15) is 69.2 Å². The average Bonchev–Trinajstić information content (AvgIpc) is 3.46. The van der Waals surface area contributed by atoms with Crippen molar-refractivity contribution < 1.29 is 4.42 Å². The van der Waals surface area contributed by atoms with Crippen molar-refractivity contribution in [1.82, 2.24) is 20.0 Å². The van der Waals surface area contributed by atoms with E-state index in [1.807, 2.05) is 35.0 Å². The molecule has 0 bridgehead atoms. The van der Waals surface area contributed by atoms with E-state index in [1.165, 1.54) is 19.3 Å². The topological polar surface area (TPSA) is 56.7 Å². The van der Waals surface area contributed by atoms with Crippen LogP contribution in [-0.2, 0) is 0 Å². The van der Waals surface area contributed by atoms with Crippen molar-refractivity contribution in [3.8, 4) is 28.5 Å². The van der Waals surface area contributed by atoms with Gasteiger partial charge in [0.2, 0.25) is 5.89 Å². The van der Waals surface area contributed by atoms with Crippen LogP contribution in [0.5, 0.6) is 0 Å². The number of hydrogen-bond acceptors (Lipinski definition) is 4. The Morgan fingerprint density at radius 1 is 0.912 bits per heavy atom. The van der Waals surface area contributed by atoms with Crippen LogP contribution in [-0.4, -0.2) is 20.0 Å². The van der Waals surface area contributed by atoms with E-state index in [4.69, 9.17) is 44.3 Å². The highest BCUT2D eigenvalue weighted by molar-refractivity contribution is 6.35. The third-order valence-corrected chi connectivity index (χ3v) is 7.14. The SMILES string of the molecule is CC(C)c1c(-c2nnc(C3CCCCC3)o2)nn(-c2ccc(Cl)cc2Cl)c1-c1ccc(Cl)cc1. The molecule has 0 unspecified atom stereocenters. The molecule has 2 heterocycles. The van der Waals surface area contributed by atoms with Gasteiger partial charge in [0, 0.05) is 27.1 Å². The molecule has 1 saturated carbocycles. The van der Waals surface area contributed by atoms with E-state index in [1.54, 1.807) is 12.1 Å². The number of nitrogens with zero attached hydrogens (tertiary/aromatic N) is 4. The number of rotatable bonds is 5. The summed E-state index contributed by atoms with van der Waals surface area (Å²) < 4.78 is 8.08. The summed E-state index contributed by atoms with van der Waals surface area (Å²) in [6.07, 6.45) is 5.84. The van der Waals surface area contributed by atoms with Gasteiger partial charge in [0.05, 0.1) is 16.4 Å². The predicted octanol–water partition coefficient (Wildman–Crippen LogP) is 8.72. The second-order valence-electron chi connectivity index (χ2n) is 9.06. The summed E-state index contributed by atoms with van der Waals surface area (Å²) in [6, 6.07) is 13.1. The van der Waals surface area contributed by atoms with Gasteiger partial charge in [-0.05, 0) is 49.1 Å². The lowest BCUT2D eigenvalue weighted by Gasteiger charge is -2.17. The highest BCUT2D eigenvalue weighted by Crippen LogP contribution is 2.41.